The number of nitrogens with zero attached hydrogens (tertiary/aromatic N) is 1. The summed E-state index contributed by atoms with van der Waals surface area (Å²) in [6.07, 6.45) is 77.3. The largest absolute Gasteiger partial charge is 0.472 e. The number of rotatable bonds is 59. The van der Waals surface area contributed by atoms with E-state index in [0.717, 1.165) is 64.2 Å². The third-order valence-corrected chi connectivity index (χ3v) is 15.5. The van der Waals surface area contributed by atoms with Gasteiger partial charge in [-0.15, -0.1) is 0 Å². The molecule has 2 N–H and O–H groups in total. The van der Waals surface area contributed by atoms with E-state index in [-0.39, 0.29) is 31.5 Å². The SMILES string of the molecule is CC\C=C/C=C/C=C/C=C\C=C\C=C\CCCCCC(=O)OC(/C=C/CCCCCCCCCCCCC)C(COP(=O)(O)OCC[N+](C)(C)C)NC(=O)CCCCCCCCCCCCCCCCCCCCCCCCC. The molecule has 0 bridgehead atoms. The van der Waals surface area contributed by atoms with Crippen LogP contribution >= 0.6 is 7.82 Å². The first-order valence-corrected chi connectivity index (χ1v) is 34.5. The number of phosphoric ester groups is 1. The molecule has 0 rings (SSSR count). The summed E-state index contributed by atoms with van der Waals surface area (Å²) in [4.78, 5) is 37.8. The van der Waals surface area contributed by atoms with Gasteiger partial charge in [-0.25, -0.2) is 4.57 Å². The predicted molar refractivity (Wildman–Crippen MR) is 341 cm³/mol. The van der Waals surface area contributed by atoms with E-state index in [1.165, 1.54) is 186 Å². The van der Waals surface area contributed by atoms with Crippen LogP contribution in [0.3, 0.4) is 0 Å². The highest BCUT2D eigenvalue weighted by Gasteiger charge is 2.30. The number of allylic oxidation sites excluding steroid dienone is 13. The maximum atomic E-state index is 13.6. The summed E-state index contributed by atoms with van der Waals surface area (Å²) in [5.74, 6) is -0.549. The van der Waals surface area contributed by atoms with Crippen molar-refractivity contribution in [3.8, 4) is 0 Å². The Labute approximate surface area is 488 Å². The number of esters is 1. The van der Waals surface area contributed by atoms with Gasteiger partial charge >= 0.3 is 13.8 Å². The minimum absolute atomic E-state index is 0.0305. The Morgan fingerprint density at radius 2 is 0.810 bits per heavy atom. The number of phosphoric acid groups is 1. The number of nitrogens with one attached hydrogen (secondary N) is 1. The van der Waals surface area contributed by atoms with Crippen LogP contribution in [0.4, 0.5) is 0 Å². The molecule has 0 aromatic rings. The van der Waals surface area contributed by atoms with Gasteiger partial charge in [0.25, 0.3) is 0 Å². The van der Waals surface area contributed by atoms with Crippen molar-refractivity contribution in [3.05, 3.63) is 85.1 Å². The van der Waals surface area contributed by atoms with Crippen LogP contribution in [0.5, 0.6) is 0 Å². The van der Waals surface area contributed by atoms with Crippen molar-refractivity contribution in [2.45, 2.75) is 303 Å². The van der Waals surface area contributed by atoms with Crippen molar-refractivity contribution in [3.63, 3.8) is 0 Å². The molecule has 0 saturated heterocycles. The number of unbranched alkanes of at least 4 members (excludes halogenated alkanes) is 36. The lowest BCUT2D eigenvalue weighted by molar-refractivity contribution is -0.870. The smallest absolute Gasteiger partial charge is 0.456 e. The van der Waals surface area contributed by atoms with Gasteiger partial charge in [0.2, 0.25) is 5.91 Å². The molecule has 3 unspecified atom stereocenters. The second kappa shape index (κ2) is 58.4. The summed E-state index contributed by atoms with van der Waals surface area (Å²) >= 11 is 0. The number of carbonyl (C=O) groups excluding carboxylic acids is 2. The van der Waals surface area contributed by atoms with Gasteiger partial charge in [0.05, 0.1) is 33.8 Å². The lowest BCUT2D eigenvalue weighted by atomic mass is 10.0. The minimum Gasteiger partial charge on any atom is -0.456 e. The number of likely N-dealkylation sites (N-methyl/N-ethyl adjacent to an activating group) is 1. The van der Waals surface area contributed by atoms with Crippen LogP contribution in [0.15, 0.2) is 85.1 Å². The maximum Gasteiger partial charge on any atom is 0.472 e. The van der Waals surface area contributed by atoms with Crippen LogP contribution in [-0.4, -0.2) is 74.3 Å². The maximum absolute atomic E-state index is 13.6. The highest BCUT2D eigenvalue weighted by atomic mass is 31.2. The third-order valence-electron chi connectivity index (χ3n) is 14.5. The van der Waals surface area contributed by atoms with E-state index in [0.29, 0.717) is 23.9 Å². The number of hydrogen-bond donors (Lipinski definition) is 2. The van der Waals surface area contributed by atoms with E-state index in [9.17, 15) is 19.0 Å². The molecule has 0 aliphatic heterocycles. The van der Waals surface area contributed by atoms with E-state index >= 15 is 0 Å². The number of ether oxygens (including phenoxy) is 1. The molecule has 0 heterocycles. The first-order chi connectivity index (χ1) is 38.4. The van der Waals surface area contributed by atoms with Crippen LogP contribution in [0.25, 0.3) is 0 Å². The number of quaternary nitrogens is 1. The Morgan fingerprint density at radius 1 is 0.456 bits per heavy atom. The fraction of sp³-hybridized carbons (Fsp3) is 0.768. The lowest BCUT2D eigenvalue weighted by Gasteiger charge is -2.27. The van der Waals surface area contributed by atoms with Crippen LogP contribution < -0.4 is 5.32 Å². The molecule has 458 valence electrons. The van der Waals surface area contributed by atoms with E-state index < -0.39 is 20.0 Å². The Hall–Kier alpha value is -2.81. The summed E-state index contributed by atoms with van der Waals surface area (Å²) in [5, 5.41) is 3.05. The van der Waals surface area contributed by atoms with E-state index in [4.69, 9.17) is 13.8 Å². The number of amides is 1. The molecule has 0 radical (unpaired) electrons. The summed E-state index contributed by atoms with van der Waals surface area (Å²) < 4.78 is 30.7. The Kier molecular flexibility index (Phi) is 56.3. The number of hydrogen-bond acceptors (Lipinski definition) is 6. The van der Waals surface area contributed by atoms with Crippen molar-refractivity contribution in [2.75, 3.05) is 40.9 Å². The van der Waals surface area contributed by atoms with Crippen LogP contribution in [-0.2, 0) is 27.9 Å². The normalized spacial score (nSPS) is 14.2. The molecule has 3 atom stereocenters. The topological polar surface area (TPSA) is 111 Å². The quantitative estimate of drug-likeness (QED) is 0.0156. The molecule has 0 aliphatic rings. The molecule has 0 aromatic heterocycles. The van der Waals surface area contributed by atoms with Gasteiger partial charge in [-0.1, -0.05) is 312 Å². The van der Waals surface area contributed by atoms with Gasteiger partial charge in [-0.05, 0) is 51.0 Å². The fourth-order valence-corrected chi connectivity index (χ4v) is 10.2. The average molecular weight is 1130 g/mol. The molecule has 1 amide bonds. The van der Waals surface area contributed by atoms with E-state index in [1.807, 2.05) is 94.1 Å². The molecule has 0 saturated carbocycles. The van der Waals surface area contributed by atoms with Gasteiger partial charge in [0.1, 0.15) is 19.3 Å². The van der Waals surface area contributed by atoms with Gasteiger partial charge < -0.3 is 19.4 Å². The molecule has 0 fully saturated rings. The van der Waals surface area contributed by atoms with Gasteiger partial charge in [0, 0.05) is 12.8 Å². The first kappa shape index (κ1) is 76.2. The molecule has 79 heavy (non-hydrogen) atoms. The predicted octanol–water partition coefficient (Wildman–Crippen LogP) is 20.6. The first-order valence-electron chi connectivity index (χ1n) is 33.0. The van der Waals surface area contributed by atoms with Gasteiger partial charge in [-0.3, -0.25) is 18.6 Å². The summed E-state index contributed by atoms with van der Waals surface area (Å²) in [6, 6.07) is -0.870. The monoisotopic (exact) mass is 1130 g/mol. The number of carbonyl (C=O) groups is 2. The van der Waals surface area contributed by atoms with Crippen LogP contribution in [0.2, 0.25) is 0 Å². The molecule has 9 nitrogen and oxygen atoms in total. The molecule has 0 aromatic carbocycles. The van der Waals surface area contributed by atoms with Crippen LogP contribution in [0, 0.1) is 0 Å². The van der Waals surface area contributed by atoms with Crippen LogP contribution in [0.1, 0.15) is 290 Å². The summed E-state index contributed by atoms with van der Waals surface area (Å²) in [5.41, 5.74) is 0. The van der Waals surface area contributed by atoms with E-state index in [2.05, 4.69) is 38.2 Å². The standard InChI is InChI=1S/C69H125N2O7P/c1-7-10-13-16-19-22-25-28-30-32-33-34-35-36-37-39-40-43-46-49-52-55-58-61-68(72)70-66(65-77-79(74,75)76-64-63-71(4,5)6)67(60-57-54-51-48-45-42-27-24-21-18-15-12-9-3)78-69(73)62-59-56-53-50-47-44-41-38-31-29-26-23-20-17-14-11-8-2/h11,14,17,20,23,26,29,31,38,41,44,47,57,60,66-67H,7-10,12-13,15-16,18-19,21-22,24-25,27-28,30,32-37,39-40,42-43,45-46,48-56,58-59,61-65H2,1-6H3,(H-,70,72,74,75)/p+1/b14-11-,20-17+,26-23+,31-29-,41-38+,47-44+,60-57+. The third kappa shape index (κ3) is 59.6. The molecular weight excluding hydrogens is 1000 g/mol. The molecule has 0 spiro atoms. The van der Waals surface area contributed by atoms with Gasteiger partial charge in [-0.2, -0.15) is 0 Å². The average Bonchev–Trinajstić information content (AvgIpc) is 3.41. The molecule has 10 heteroatoms. The van der Waals surface area contributed by atoms with Crippen molar-refractivity contribution >= 4 is 19.7 Å². The Morgan fingerprint density at radius 3 is 1.23 bits per heavy atom. The zero-order chi connectivity index (χ0) is 57.9. The highest BCUT2D eigenvalue weighted by Crippen LogP contribution is 2.43. The van der Waals surface area contributed by atoms with Crippen molar-refractivity contribution < 1.29 is 37.3 Å². The lowest BCUT2D eigenvalue weighted by Crippen LogP contribution is -2.47. The second-order valence-electron chi connectivity index (χ2n) is 23.4. The Bertz CT molecular complexity index is 1630. The molecular formula is C69H126N2O7P+. The summed E-state index contributed by atoms with van der Waals surface area (Å²) in [7, 11) is 1.47. The Balaban J connectivity index is 5.23. The fourth-order valence-electron chi connectivity index (χ4n) is 9.44. The zero-order valence-electron chi connectivity index (χ0n) is 52.3. The second-order valence-corrected chi connectivity index (χ2v) is 24.9. The minimum atomic E-state index is -4.46. The van der Waals surface area contributed by atoms with Crippen molar-refractivity contribution in [1.29, 1.82) is 0 Å². The summed E-state index contributed by atoms with van der Waals surface area (Å²) in [6.45, 7) is 6.86. The van der Waals surface area contributed by atoms with E-state index in [1.54, 1.807) is 0 Å². The zero-order valence-corrected chi connectivity index (χ0v) is 53.2. The van der Waals surface area contributed by atoms with Crippen molar-refractivity contribution in [1.82, 2.24) is 5.32 Å². The van der Waals surface area contributed by atoms with Crippen molar-refractivity contribution in [2.24, 2.45) is 0 Å². The molecule has 0 aliphatic carbocycles. The highest BCUT2D eigenvalue weighted by molar-refractivity contribution is 7.47. The van der Waals surface area contributed by atoms with Gasteiger partial charge in [0.15, 0.2) is 0 Å².